The van der Waals surface area contributed by atoms with Crippen LogP contribution in [-0.2, 0) is 10.0 Å². The van der Waals surface area contributed by atoms with Gasteiger partial charge in [-0.3, -0.25) is 4.98 Å². The van der Waals surface area contributed by atoms with Crippen LogP contribution >= 0.6 is 0 Å². The van der Waals surface area contributed by atoms with Gasteiger partial charge in [0.2, 0.25) is 10.0 Å². The highest BCUT2D eigenvalue weighted by atomic mass is 32.2. The topological polar surface area (TPSA) is 71.5 Å². The van der Waals surface area contributed by atoms with Gasteiger partial charge < -0.3 is 9.64 Å². The van der Waals surface area contributed by atoms with Gasteiger partial charge in [-0.05, 0) is 55.2 Å². The van der Waals surface area contributed by atoms with Crippen molar-refractivity contribution in [1.82, 2.24) is 9.71 Å². The minimum Gasteiger partial charge on any atom is -0.497 e. The number of rotatable bonds is 6. The molecule has 0 bridgehead atoms. The lowest BCUT2D eigenvalue weighted by Crippen LogP contribution is -2.41. The maximum absolute atomic E-state index is 12.5. The van der Waals surface area contributed by atoms with Crippen LogP contribution in [0.5, 0.6) is 5.75 Å². The zero-order valence-electron chi connectivity index (χ0n) is 14.3. The molecule has 1 N–H and O–H groups in total. The SMILES string of the molecule is COc1ccc(S(=O)(=O)NCC2CCCN(c3ccncc3)C2)cc1. The number of piperidine rings is 1. The summed E-state index contributed by atoms with van der Waals surface area (Å²) in [5.41, 5.74) is 1.14. The molecule has 1 saturated heterocycles. The van der Waals surface area contributed by atoms with E-state index in [1.165, 1.54) is 0 Å². The minimum absolute atomic E-state index is 0.259. The fourth-order valence-corrected chi connectivity index (χ4v) is 4.20. The van der Waals surface area contributed by atoms with Gasteiger partial charge in [0, 0.05) is 37.7 Å². The predicted molar refractivity (Wildman–Crippen MR) is 97.4 cm³/mol. The highest BCUT2D eigenvalue weighted by Crippen LogP contribution is 2.23. The van der Waals surface area contributed by atoms with E-state index in [0.717, 1.165) is 31.6 Å². The van der Waals surface area contributed by atoms with Crippen molar-refractivity contribution >= 4 is 15.7 Å². The lowest BCUT2D eigenvalue weighted by molar-refractivity contribution is 0.410. The van der Waals surface area contributed by atoms with Gasteiger partial charge in [0.1, 0.15) is 5.75 Å². The Balaban J connectivity index is 1.60. The van der Waals surface area contributed by atoms with Crippen LogP contribution in [0.2, 0.25) is 0 Å². The van der Waals surface area contributed by atoms with Crippen molar-refractivity contribution in [3.63, 3.8) is 0 Å². The van der Waals surface area contributed by atoms with Crippen LogP contribution in [0.4, 0.5) is 5.69 Å². The summed E-state index contributed by atoms with van der Waals surface area (Å²) in [5, 5.41) is 0. The molecule has 3 rings (SSSR count). The molecule has 0 amide bonds. The minimum atomic E-state index is -3.50. The van der Waals surface area contributed by atoms with Gasteiger partial charge in [-0.2, -0.15) is 0 Å². The average molecular weight is 361 g/mol. The fraction of sp³-hybridized carbons (Fsp3) is 0.389. The third-order valence-electron chi connectivity index (χ3n) is 4.48. The molecule has 2 heterocycles. The van der Waals surface area contributed by atoms with Crippen LogP contribution in [0.3, 0.4) is 0 Å². The van der Waals surface area contributed by atoms with E-state index >= 15 is 0 Å². The van der Waals surface area contributed by atoms with Gasteiger partial charge in [0.15, 0.2) is 0 Å². The van der Waals surface area contributed by atoms with Crippen LogP contribution in [0.15, 0.2) is 53.7 Å². The molecule has 1 aromatic carbocycles. The first kappa shape index (κ1) is 17.7. The molecule has 7 heteroatoms. The highest BCUT2D eigenvalue weighted by Gasteiger charge is 2.22. The number of benzene rings is 1. The fourth-order valence-electron chi connectivity index (χ4n) is 3.09. The van der Waals surface area contributed by atoms with E-state index in [9.17, 15) is 8.42 Å². The molecule has 134 valence electrons. The summed E-state index contributed by atoms with van der Waals surface area (Å²) in [6, 6.07) is 10.4. The number of ether oxygens (including phenoxy) is 1. The third kappa shape index (κ3) is 4.49. The zero-order valence-corrected chi connectivity index (χ0v) is 15.1. The molecular weight excluding hydrogens is 338 g/mol. The number of methoxy groups -OCH3 is 1. The molecule has 1 aromatic heterocycles. The van der Waals surface area contributed by atoms with Crippen molar-refractivity contribution in [2.24, 2.45) is 5.92 Å². The maximum atomic E-state index is 12.5. The Kier molecular flexibility index (Phi) is 5.55. The Morgan fingerprint density at radius 1 is 1.20 bits per heavy atom. The first-order valence-corrected chi connectivity index (χ1v) is 9.85. The van der Waals surface area contributed by atoms with Gasteiger partial charge in [0.05, 0.1) is 12.0 Å². The quantitative estimate of drug-likeness (QED) is 0.855. The summed E-state index contributed by atoms with van der Waals surface area (Å²) >= 11 is 0. The Hall–Kier alpha value is -2.12. The number of pyridine rings is 1. The van der Waals surface area contributed by atoms with E-state index in [1.807, 2.05) is 12.1 Å². The lowest BCUT2D eigenvalue weighted by Gasteiger charge is -2.34. The molecule has 0 saturated carbocycles. The number of hydrogen-bond acceptors (Lipinski definition) is 5. The number of nitrogens with one attached hydrogen (secondary N) is 1. The predicted octanol–water partition coefficient (Wildman–Crippen LogP) is 2.29. The van der Waals surface area contributed by atoms with Gasteiger partial charge in [0.25, 0.3) is 0 Å². The van der Waals surface area contributed by atoms with Crippen molar-refractivity contribution in [3.8, 4) is 5.75 Å². The number of sulfonamides is 1. The number of aromatic nitrogens is 1. The molecule has 1 atom stereocenters. The molecule has 1 unspecified atom stereocenters. The van der Waals surface area contributed by atoms with Crippen LogP contribution in [0.25, 0.3) is 0 Å². The zero-order chi connectivity index (χ0) is 17.7. The monoisotopic (exact) mass is 361 g/mol. The van der Waals surface area contributed by atoms with Crippen LogP contribution in [0.1, 0.15) is 12.8 Å². The van der Waals surface area contributed by atoms with E-state index in [4.69, 9.17) is 4.74 Å². The Morgan fingerprint density at radius 2 is 1.92 bits per heavy atom. The van der Waals surface area contributed by atoms with Gasteiger partial charge >= 0.3 is 0 Å². The first-order chi connectivity index (χ1) is 12.1. The second-order valence-electron chi connectivity index (χ2n) is 6.19. The summed E-state index contributed by atoms with van der Waals surface area (Å²) in [6.07, 6.45) is 5.64. The van der Waals surface area contributed by atoms with Crippen molar-refractivity contribution in [3.05, 3.63) is 48.8 Å². The summed E-state index contributed by atoms with van der Waals surface area (Å²) in [5.74, 6) is 0.925. The first-order valence-electron chi connectivity index (χ1n) is 8.37. The van der Waals surface area contributed by atoms with Crippen molar-refractivity contribution in [2.45, 2.75) is 17.7 Å². The summed E-state index contributed by atoms with van der Waals surface area (Å²) < 4.78 is 32.7. The molecule has 6 nitrogen and oxygen atoms in total. The van der Waals surface area contributed by atoms with E-state index in [1.54, 1.807) is 43.8 Å². The molecule has 2 aromatic rings. The smallest absolute Gasteiger partial charge is 0.240 e. The normalized spacial score (nSPS) is 18.1. The standard InChI is InChI=1S/C18H23N3O3S/c1-24-17-4-6-18(7-5-17)25(22,23)20-13-15-3-2-12-21(14-15)16-8-10-19-11-9-16/h4-11,15,20H,2-3,12-14H2,1H3. The molecule has 1 fully saturated rings. The maximum Gasteiger partial charge on any atom is 0.240 e. The summed E-state index contributed by atoms with van der Waals surface area (Å²) in [6.45, 7) is 2.27. The summed E-state index contributed by atoms with van der Waals surface area (Å²) in [7, 11) is -1.95. The Labute approximate surface area is 148 Å². The molecule has 0 spiro atoms. The van der Waals surface area contributed by atoms with Crippen molar-refractivity contribution < 1.29 is 13.2 Å². The molecule has 1 aliphatic heterocycles. The van der Waals surface area contributed by atoms with Gasteiger partial charge in [-0.1, -0.05) is 0 Å². The third-order valence-corrected chi connectivity index (χ3v) is 5.92. The number of hydrogen-bond donors (Lipinski definition) is 1. The average Bonchev–Trinajstić information content (AvgIpc) is 2.67. The van der Waals surface area contributed by atoms with Gasteiger partial charge in [-0.25, -0.2) is 13.1 Å². The molecule has 0 radical (unpaired) electrons. The van der Waals surface area contributed by atoms with E-state index < -0.39 is 10.0 Å². The number of anilines is 1. The largest absolute Gasteiger partial charge is 0.497 e. The Morgan fingerprint density at radius 3 is 2.60 bits per heavy atom. The number of nitrogens with zero attached hydrogens (tertiary/aromatic N) is 2. The summed E-state index contributed by atoms with van der Waals surface area (Å²) in [4.78, 5) is 6.60. The molecule has 1 aliphatic rings. The van der Waals surface area contributed by atoms with Crippen molar-refractivity contribution in [1.29, 1.82) is 0 Å². The highest BCUT2D eigenvalue weighted by molar-refractivity contribution is 7.89. The second kappa shape index (κ2) is 7.84. The van der Waals surface area contributed by atoms with Gasteiger partial charge in [-0.15, -0.1) is 0 Å². The molecular formula is C18H23N3O3S. The van der Waals surface area contributed by atoms with Crippen molar-refractivity contribution in [2.75, 3.05) is 31.6 Å². The Bertz CT molecular complexity index is 779. The lowest BCUT2D eigenvalue weighted by atomic mass is 9.98. The van der Waals surface area contributed by atoms with E-state index in [2.05, 4.69) is 14.6 Å². The molecule has 25 heavy (non-hydrogen) atoms. The second-order valence-corrected chi connectivity index (χ2v) is 7.95. The molecule has 0 aliphatic carbocycles. The van der Waals surface area contributed by atoms with E-state index in [0.29, 0.717) is 12.3 Å². The van der Waals surface area contributed by atoms with Crippen LogP contribution < -0.4 is 14.4 Å². The van der Waals surface area contributed by atoms with E-state index in [-0.39, 0.29) is 10.8 Å². The van der Waals surface area contributed by atoms with Crippen LogP contribution in [-0.4, -0.2) is 40.1 Å². The van der Waals surface area contributed by atoms with Crippen LogP contribution in [0, 0.1) is 5.92 Å².